The van der Waals surface area contributed by atoms with Crippen LogP contribution in [-0.4, -0.2) is 71.0 Å². The van der Waals surface area contributed by atoms with Crippen molar-refractivity contribution in [1.29, 1.82) is 0 Å². The summed E-state index contributed by atoms with van der Waals surface area (Å²) >= 11 is 7.95. The molecule has 0 bridgehead atoms. The van der Waals surface area contributed by atoms with Crippen LogP contribution in [0.2, 0.25) is 0 Å². The minimum Gasteiger partial charge on any atom is -0.480 e. The van der Waals surface area contributed by atoms with Crippen molar-refractivity contribution in [3.63, 3.8) is 0 Å². The predicted octanol–water partition coefficient (Wildman–Crippen LogP) is -1.11. The average Bonchev–Trinajstić information content (AvgIpc) is 2.68. The fourth-order valence-electron chi connectivity index (χ4n) is 2.55. The van der Waals surface area contributed by atoms with Crippen LogP contribution in [0, 0.1) is 5.92 Å². The molecule has 0 saturated carbocycles. The minimum atomic E-state index is -1.24. The molecule has 3 amide bonds. The average molecular weight is 466 g/mol. The molecule has 0 saturated heterocycles. The molecule has 0 aromatic carbocycles. The van der Waals surface area contributed by atoms with E-state index in [1.807, 2.05) is 13.8 Å². The van der Waals surface area contributed by atoms with Gasteiger partial charge in [-0.05, 0) is 31.7 Å². The summed E-state index contributed by atoms with van der Waals surface area (Å²) in [5, 5.41) is 16.5. The first kappa shape index (κ1) is 28.5. The second-order valence-corrected chi connectivity index (χ2v) is 8.14. The number of hydrogen-bond acceptors (Lipinski definition) is 8. The number of aliphatic carboxylic acids is 1. The van der Waals surface area contributed by atoms with Gasteiger partial charge in [0.2, 0.25) is 17.7 Å². The molecular formula is C18H35N5O5S2. The molecule has 174 valence electrons. The quantitative estimate of drug-likeness (QED) is 0.112. The van der Waals surface area contributed by atoms with E-state index >= 15 is 0 Å². The number of rotatable bonds is 15. The lowest BCUT2D eigenvalue weighted by Crippen LogP contribution is -2.58. The topological polar surface area (TPSA) is 177 Å². The summed E-state index contributed by atoms with van der Waals surface area (Å²) in [6.45, 7) is 4.29. The molecule has 0 fully saturated rings. The zero-order valence-electron chi connectivity index (χ0n) is 17.5. The number of carbonyl (C=O) groups is 4. The highest BCUT2D eigenvalue weighted by Gasteiger charge is 2.29. The summed E-state index contributed by atoms with van der Waals surface area (Å²) in [6.07, 6.45) is 2.23. The lowest BCUT2D eigenvalue weighted by Gasteiger charge is -2.25. The fourth-order valence-corrected chi connectivity index (χ4v) is 3.05. The zero-order valence-corrected chi connectivity index (χ0v) is 19.3. The third-order valence-corrected chi connectivity index (χ3v) is 4.99. The monoisotopic (exact) mass is 465 g/mol. The molecule has 0 heterocycles. The van der Waals surface area contributed by atoms with Crippen molar-refractivity contribution in [2.45, 2.75) is 63.7 Å². The first-order valence-corrected chi connectivity index (χ1v) is 11.1. The molecule has 4 unspecified atom stereocenters. The van der Waals surface area contributed by atoms with Crippen LogP contribution in [0.3, 0.4) is 0 Å². The Labute approximate surface area is 188 Å². The highest BCUT2D eigenvalue weighted by molar-refractivity contribution is 7.80. The van der Waals surface area contributed by atoms with E-state index in [9.17, 15) is 19.2 Å². The number of hydrogen-bond donors (Lipinski definition) is 8. The Morgan fingerprint density at radius 3 is 1.83 bits per heavy atom. The number of nitrogens with one attached hydrogen (secondary N) is 3. The minimum absolute atomic E-state index is 0.0581. The van der Waals surface area contributed by atoms with E-state index in [1.54, 1.807) is 0 Å². The molecule has 0 aliphatic rings. The maximum absolute atomic E-state index is 12.7. The van der Waals surface area contributed by atoms with Gasteiger partial charge in [-0.25, -0.2) is 4.79 Å². The molecule has 10 nitrogen and oxygen atoms in total. The predicted molar refractivity (Wildman–Crippen MR) is 121 cm³/mol. The summed E-state index contributed by atoms with van der Waals surface area (Å²) in [6, 6.07) is -3.94. The number of carbonyl (C=O) groups excluding carboxylic acids is 3. The molecule has 0 aliphatic heterocycles. The number of unbranched alkanes of at least 4 members (excludes halogenated alkanes) is 1. The van der Waals surface area contributed by atoms with E-state index in [4.69, 9.17) is 16.6 Å². The van der Waals surface area contributed by atoms with Crippen LogP contribution in [0.5, 0.6) is 0 Å². The number of thiol groups is 2. The van der Waals surface area contributed by atoms with E-state index in [2.05, 4.69) is 41.2 Å². The van der Waals surface area contributed by atoms with Crippen LogP contribution < -0.4 is 27.4 Å². The molecule has 8 N–H and O–H groups in total. The van der Waals surface area contributed by atoms with Gasteiger partial charge in [0.1, 0.15) is 18.1 Å². The Morgan fingerprint density at radius 1 is 0.867 bits per heavy atom. The van der Waals surface area contributed by atoms with Gasteiger partial charge in [-0.1, -0.05) is 20.3 Å². The Morgan fingerprint density at radius 2 is 1.37 bits per heavy atom. The molecule has 0 aliphatic carbocycles. The highest BCUT2D eigenvalue weighted by Crippen LogP contribution is 2.07. The van der Waals surface area contributed by atoms with Crippen LogP contribution >= 0.6 is 25.3 Å². The molecule has 0 spiro atoms. The van der Waals surface area contributed by atoms with Gasteiger partial charge in [-0.3, -0.25) is 14.4 Å². The SMILES string of the molecule is CC(C)CC(NC(=O)C(N)CCCCN)C(=O)NC(CS)C(=O)NC(CS)C(=O)O. The van der Waals surface area contributed by atoms with E-state index in [-0.39, 0.29) is 17.4 Å². The van der Waals surface area contributed by atoms with Crippen molar-refractivity contribution in [2.75, 3.05) is 18.1 Å². The molecule has 30 heavy (non-hydrogen) atoms. The van der Waals surface area contributed by atoms with Gasteiger partial charge in [-0.15, -0.1) is 0 Å². The summed E-state index contributed by atoms with van der Waals surface area (Å²) in [7, 11) is 0. The normalized spacial score (nSPS) is 15.0. The van der Waals surface area contributed by atoms with Crippen LogP contribution in [0.25, 0.3) is 0 Å². The van der Waals surface area contributed by atoms with Crippen LogP contribution in [-0.2, 0) is 19.2 Å². The van der Waals surface area contributed by atoms with Gasteiger partial charge in [0.15, 0.2) is 0 Å². The largest absolute Gasteiger partial charge is 0.480 e. The standard InChI is InChI=1S/C18H35N5O5S2/c1-10(2)7-12(21-15(24)11(20)5-3-4-6-19)16(25)22-13(8-29)17(26)23-14(9-30)18(27)28/h10-14,29-30H,3-9,19-20H2,1-2H3,(H,21,24)(H,22,25)(H,23,26)(H,27,28). The zero-order chi connectivity index (χ0) is 23.3. The van der Waals surface area contributed by atoms with Gasteiger partial charge in [0, 0.05) is 11.5 Å². The lowest BCUT2D eigenvalue weighted by atomic mass is 10.0. The van der Waals surface area contributed by atoms with Crippen molar-refractivity contribution in [3.8, 4) is 0 Å². The number of carboxylic acids is 1. The summed E-state index contributed by atoms with van der Waals surface area (Å²) in [5.74, 6) is -3.05. The van der Waals surface area contributed by atoms with Crippen molar-refractivity contribution < 1.29 is 24.3 Å². The molecule has 0 rings (SSSR count). The maximum atomic E-state index is 12.7. The van der Waals surface area contributed by atoms with Crippen LogP contribution in [0.4, 0.5) is 0 Å². The first-order chi connectivity index (χ1) is 14.1. The van der Waals surface area contributed by atoms with Gasteiger partial charge in [0.05, 0.1) is 6.04 Å². The van der Waals surface area contributed by atoms with E-state index in [0.29, 0.717) is 25.8 Å². The molecule has 0 radical (unpaired) electrons. The summed E-state index contributed by atoms with van der Waals surface area (Å²) in [5.41, 5.74) is 11.3. The second kappa shape index (κ2) is 15.3. The van der Waals surface area contributed by atoms with Gasteiger partial charge < -0.3 is 32.5 Å². The Kier molecular flexibility index (Phi) is 14.6. The van der Waals surface area contributed by atoms with Crippen molar-refractivity contribution in [3.05, 3.63) is 0 Å². The number of nitrogens with two attached hydrogens (primary N) is 2. The van der Waals surface area contributed by atoms with E-state index in [0.717, 1.165) is 6.42 Å². The molecule has 12 heteroatoms. The van der Waals surface area contributed by atoms with E-state index < -0.39 is 47.9 Å². The lowest BCUT2D eigenvalue weighted by molar-refractivity contribution is -0.141. The highest BCUT2D eigenvalue weighted by atomic mass is 32.1. The van der Waals surface area contributed by atoms with Gasteiger partial charge in [-0.2, -0.15) is 25.3 Å². The number of carboxylic acid groups (broad SMARTS) is 1. The van der Waals surface area contributed by atoms with Gasteiger partial charge >= 0.3 is 5.97 Å². The van der Waals surface area contributed by atoms with Gasteiger partial charge in [0.25, 0.3) is 0 Å². The maximum Gasteiger partial charge on any atom is 0.327 e. The van der Waals surface area contributed by atoms with Crippen LogP contribution in [0.1, 0.15) is 39.5 Å². The third-order valence-electron chi connectivity index (χ3n) is 4.26. The molecular weight excluding hydrogens is 430 g/mol. The molecule has 4 atom stereocenters. The number of amides is 3. The molecule has 0 aromatic rings. The third kappa shape index (κ3) is 11.0. The van der Waals surface area contributed by atoms with Crippen molar-refractivity contribution >= 4 is 48.9 Å². The smallest absolute Gasteiger partial charge is 0.327 e. The first-order valence-electron chi connectivity index (χ1n) is 9.88. The Balaban J connectivity index is 5.08. The van der Waals surface area contributed by atoms with E-state index in [1.165, 1.54) is 0 Å². The second-order valence-electron chi connectivity index (χ2n) is 7.41. The summed E-state index contributed by atoms with van der Waals surface area (Å²) in [4.78, 5) is 48.5. The Hall–Kier alpha value is -1.50. The van der Waals surface area contributed by atoms with Crippen molar-refractivity contribution in [1.82, 2.24) is 16.0 Å². The van der Waals surface area contributed by atoms with Crippen LogP contribution in [0.15, 0.2) is 0 Å². The Bertz CT molecular complexity index is 579. The fraction of sp³-hybridized carbons (Fsp3) is 0.778. The van der Waals surface area contributed by atoms with Crippen molar-refractivity contribution in [2.24, 2.45) is 17.4 Å². The molecule has 0 aromatic heterocycles. The summed E-state index contributed by atoms with van der Waals surface area (Å²) < 4.78 is 0.